The lowest BCUT2D eigenvalue weighted by molar-refractivity contribution is -0.118. The molecular weight excluding hydrogens is 418 g/mol. The Morgan fingerprint density at radius 2 is 1.68 bits per heavy atom. The molecule has 0 atom stereocenters. The van der Waals surface area contributed by atoms with E-state index in [0.29, 0.717) is 33.4 Å². The van der Waals surface area contributed by atoms with Crippen molar-refractivity contribution in [3.63, 3.8) is 0 Å². The first kappa shape index (κ1) is 22.2. The van der Waals surface area contributed by atoms with Gasteiger partial charge in [-0.1, -0.05) is 18.2 Å². The molecule has 162 valence electrons. The van der Waals surface area contributed by atoms with Crippen molar-refractivity contribution in [2.45, 2.75) is 6.92 Å². The molecule has 0 spiro atoms. The number of rotatable bonds is 9. The lowest BCUT2D eigenvalue weighted by atomic mass is 10.0. The first-order valence-electron chi connectivity index (χ1n) is 9.55. The van der Waals surface area contributed by atoms with Crippen LogP contribution in [0.15, 0.2) is 53.9 Å². The second-order valence-electron chi connectivity index (χ2n) is 6.32. The number of amides is 1. The highest BCUT2D eigenvalue weighted by Crippen LogP contribution is 2.37. The number of carbonyl (C=O) groups excluding carboxylic acids is 2. The predicted molar refractivity (Wildman–Crippen MR) is 119 cm³/mol. The van der Waals surface area contributed by atoms with Crippen LogP contribution in [0.25, 0.3) is 11.1 Å². The van der Waals surface area contributed by atoms with Crippen molar-refractivity contribution in [2.75, 3.05) is 32.8 Å². The molecule has 1 aromatic heterocycles. The molecule has 0 fully saturated rings. The van der Waals surface area contributed by atoms with E-state index in [1.165, 1.54) is 11.3 Å². The Bertz CT molecular complexity index is 1040. The summed E-state index contributed by atoms with van der Waals surface area (Å²) in [4.78, 5) is 25.1. The van der Waals surface area contributed by atoms with Gasteiger partial charge in [-0.2, -0.15) is 0 Å². The van der Waals surface area contributed by atoms with Gasteiger partial charge in [0.25, 0.3) is 5.91 Å². The van der Waals surface area contributed by atoms with E-state index in [2.05, 4.69) is 5.32 Å². The fraction of sp³-hybridized carbons (Fsp3) is 0.217. The maximum atomic E-state index is 12.6. The predicted octanol–water partition coefficient (Wildman–Crippen LogP) is 4.63. The summed E-state index contributed by atoms with van der Waals surface area (Å²) in [6.45, 7) is 1.74. The Morgan fingerprint density at radius 1 is 0.968 bits per heavy atom. The second kappa shape index (κ2) is 10.5. The van der Waals surface area contributed by atoms with E-state index < -0.39 is 11.9 Å². The SMILES string of the molecule is CCOC(=O)c1c(-c2ccc(OC)cc2)csc1NC(=O)COc1cccc(OC)c1. The molecule has 0 saturated carbocycles. The van der Waals surface area contributed by atoms with Gasteiger partial charge in [-0.05, 0) is 36.8 Å². The van der Waals surface area contributed by atoms with Crippen LogP contribution in [0, 0.1) is 0 Å². The van der Waals surface area contributed by atoms with Crippen LogP contribution in [-0.2, 0) is 9.53 Å². The zero-order valence-electron chi connectivity index (χ0n) is 17.5. The number of hydrogen-bond donors (Lipinski definition) is 1. The van der Waals surface area contributed by atoms with Crippen LogP contribution in [0.1, 0.15) is 17.3 Å². The third-order valence-electron chi connectivity index (χ3n) is 4.34. The topological polar surface area (TPSA) is 83.1 Å². The van der Waals surface area contributed by atoms with Gasteiger partial charge in [-0.15, -0.1) is 11.3 Å². The van der Waals surface area contributed by atoms with Crippen molar-refractivity contribution in [1.29, 1.82) is 0 Å². The van der Waals surface area contributed by atoms with Crippen molar-refractivity contribution < 1.29 is 28.5 Å². The van der Waals surface area contributed by atoms with E-state index in [1.807, 2.05) is 29.6 Å². The fourth-order valence-electron chi connectivity index (χ4n) is 2.84. The number of ether oxygens (including phenoxy) is 4. The molecule has 3 aromatic rings. The lowest BCUT2D eigenvalue weighted by Gasteiger charge is -2.10. The van der Waals surface area contributed by atoms with Gasteiger partial charge >= 0.3 is 5.97 Å². The number of anilines is 1. The van der Waals surface area contributed by atoms with Crippen LogP contribution in [0.2, 0.25) is 0 Å². The Balaban J connectivity index is 1.78. The highest BCUT2D eigenvalue weighted by Gasteiger charge is 2.23. The summed E-state index contributed by atoms with van der Waals surface area (Å²) in [7, 11) is 3.14. The monoisotopic (exact) mass is 441 g/mol. The molecule has 0 aliphatic carbocycles. The van der Waals surface area contributed by atoms with Crippen molar-refractivity contribution in [2.24, 2.45) is 0 Å². The Hall–Kier alpha value is -3.52. The van der Waals surface area contributed by atoms with E-state index >= 15 is 0 Å². The fourth-order valence-corrected chi connectivity index (χ4v) is 3.81. The summed E-state index contributed by atoms with van der Waals surface area (Å²) in [6, 6.07) is 14.3. The van der Waals surface area contributed by atoms with Gasteiger partial charge in [0.15, 0.2) is 6.61 Å². The summed E-state index contributed by atoms with van der Waals surface area (Å²) in [6.07, 6.45) is 0. The van der Waals surface area contributed by atoms with Gasteiger partial charge in [0.05, 0.1) is 20.8 Å². The number of nitrogens with one attached hydrogen (secondary N) is 1. The van der Waals surface area contributed by atoms with E-state index in [1.54, 1.807) is 45.4 Å². The molecular formula is C23H23NO6S. The molecule has 31 heavy (non-hydrogen) atoms. The standard InChI is InChI=1S/C23H23NO6S/c1-4-29-23(26)21-19(15-8-10-16(27-2)11-9-15)14-31-22(21)24-20(25)13-30-18-7-5-6-17(12-18)28-3/h5-12,14H,4,13H2,1-3H3,(H,24,25). The zero-order valence-corrected chi connectivity index (χ0v) is 18.3. The Labute approximate surface area is 184 Å². The maximum Gasteiger partial charge on any atom is 0.341 e. The molecule has 1 amide bonds. The zero-order chi connectivity index (χ0) is 22.2. The minimum Gasteiger partial charge on any atom is -0.497 e. The number of hydrogen-bond acceptors (Lipinski definition) is 7. The first-order chi connectivity index (χ1) is 15.0. The van der Waals surface area contributed by atoms with Crippen molar-refractivity contribution in [3.05, 3.63) is 59.5 Å². The van der Waals surface area contributed by atoms with Gasteiger partial charge in [-0.25, -0.2) is 4.79 Å². The van der Waals surface area contributed by atoms with Crippen LogP contribution < -0.4 is 19.5 Å². The third-order valence-corrected chi connectivity index (χ3v) is 5.23. The van der Waals surface area contributed by atoms with Gasteiger partial charge in [-0.3, -0.25) is 4.79 Å². The normalized spacial score (nSPS) is 10.3. The molecule has 0 aliphatic rings. The van der Waals surface area contributed by atoms with E-state index in [0.717, 1.165) is 5.56 Å². The number of carbonyl (C=O) groups is 2. The Morgan fingerprint density at radius 3 is 2.35 bits per heavy atom. The summed E-state index contributed by atoms with van der Waals surface area (Å²) in [5, 5.41) is 4.98. The minimum absolute atomic E-state index is 0.217. The van der Waals surface area contributed by atoms with E-state index in [4.69, 9.17) is 18.9 Å². The molecule has 1 heterocycles. The van der Waals surface area contributed by atoms with Crippen LogP contribution in [0.4, 0.5) is 5.00 Å². The van der Waals surface area contributed by atoms with E-state index in [9.17, 15) is 9.59 Å². The van der Waals surface area contributed by atoms with Crippen LogP contribution in [-0.4, -0.2) is 39.3 Å². The second-order valence-corrected chi connectivity index (χ2v) is 7.20. The number of methoxy groups -OCH3 is 2. The number of esters is 1. The largest absolute Gasteiger partial charge is 0.497 e. The highest BCUT2D eigenvalue weighted by molar-refractivity contribution is 7.15. The quantitative estimate of drug-likeness (QED) is 0.488. The van der Waals surface area contributed by atoms with Gasteiger partial charge in [0.1, 0.15) is 27.8 Å². The molecule has 0 bridgehead atoms. The molecule has 7 nitrogen and oxygen atoms in total. The molecule has 0 unspecified atom stereocenters. The molecule has 0 aliphatic heterocycles. The third kappa shape index (κ3) is 5.55. The van der Waals surface area contributed by atoms with Crippen LogP contribution >= 0.6 is 11.3 Å². The minimum atomic E-state index is -0.501. The Kier molecular flexibility index (Phi) is 7.50. The molecule has 8 heteroatoms. The lowest BCUT2D eigenvalue weighted by Crippen LogP contribution is -2.21. The number of benzene rings is 2. The number of thiophene rings is 1. The first-order valence-corrected chi connectivity index (χ1v) is 10.4. The van der Waals surface area contributed by atoms with Crippen molar-refractivity contribution in [3.8, 4) is 28.4 Å². The van der Waals surface area contributed by atoms with Crippen LogP contribution in [0.5, 0.6) is 17.2 Å². The van der Waals surface area contributed by atoms with E-state index in [-0.39, 0.29) is 13.2 Å². The molecule has 0 radical (unpaired) electrons. The van der Waals surface area contributed by atoms with Crippen LogP contribution in [0.3, 0.4) is 0 Å². The van der Waals surface area contributed by atoms with Crippen molar-refractivity contribution >= 4 is 28.2 Å². The average Bonchev–Trinajstić information content (AvgIpc) is 3.21. The smallest absolute Gasteiger partial charge is 0.341 e. The summed E-state index contributed by atoms with van der Waals surface area (Å²) < 4.78 is 21.1. The van der Waals surface area contributed by atoms with Gasteiger partial charge in [0, 0.05) is 17.0 Å². The van der Waals surface area contributed by atoms with Gasteiger partial charge < -0.3 is 24.3 Å². The molecule has 3 rings (SSSR count). The maximum absolute atomic E-state index is 12.6. The molecule has 1 N–H and O–H groups in total. The summed E-state index contributed by atoms with van der Waals surface area (Å²) in [5.74, 6) is 0.949. The molecule has 2 aromatic carbocycles. The van der Waals surface area contributed by atoms with Crippen molar-refractivity contribution in [1.82, 2.24) is 0 Å². The average molecular weight is 442 g/mol. The van der Waals surface area contributed by atoms with Gasteiger partial charge in [0.2, 0.25) is 0 Å². The molecule has 0 saturated heterocycles. The summed E-state index contributed by atoms with van der Waals surface area (Å²) in [5.41, 5.74) is 1.80. The summed E-state index contributed by atoms with van der Waals surface area (Å²) >= 11 is 1.25. The highest BCUT2D eigenvalue weighted by atomic mass is 32.1.